The summed E-state index contributed by atoms with van der Waals surface area (Å²) in [7, 11) is -3.41. The van der Waals surface area contributed by atoms with Gasteiger partial charge in [0.1, 0.15) is 0 Å². The normalized spacial score (nSPS) is 19.7. The number of allylic oxidation sites excluding steroid dienone is 1. The lowest BCUT2D eigenvalue weighted by Crippen LogP contribution is -2.21. The van der Waals surface area contributed by atoms with Crippen molar-refractivity contribution in [2.45, 2.75) is 55.2 Å². The number of benzene rings is 1. The number of hydrogen-bond acceptors (Lipinski definition) is 6. The van der Waals surface area contributed by atoms with Gasteiger partial charge in [-0.1, -0.05) is 12.1 Å². The topological polar surface area (TPSA) is 101 Å². The number of nitrogens with zero attached hydrogens (tertiary/aromatic N) is 1. The summed E-state index contributed by atoms with van der Waals surface area (Å²) in [4.78, 5) is 2.49. The second-order valence-corrected chi connectivity index (χ2v) is 11.7. The second-order valence-electron chi connectivity index (χ2n) is 8.38. The average molecular weight is 457 g/mol. The fourth-order valence-electron chi connectivity index (χ4n) is 3.93. The van der Waals surface area contributed by atoms with E-state index in [0.29, 0.717) is 34.9 Å². The van der Waals surface area contributed by atoms with Crippen molar-refractivity contribution < 1.29 is 9.83 Å². The molecule has 2 aliphatic carbocycles. The number of H-pyrrole nitrogens is 1. The van der Waals surface area contributed by atoms with Gasteiger partial charge in [0, 0.05) is 38.8 Å². The largest absolute Gasteiger partial charge is 0.339 e. The van der Waals surface area contributed by atoms with Crippen LogP contribution >= 0.6 is 11.3 Å². The monoisotopic (exact) mass is 456 g/mol. The first-order valence-corrected chi connectivity index (χ1v) is 12.9. The van der Waals surface area contributed by atoms with Gasteiger partial charge in [-0.15, -0.1) is 11.3 Å². The van der Waals surface area contributed by atoms with Gasteiger partial charge in [0.25, 0.3) is 0 Å². The first-order valence-electron chi connectivity index (χ1n) is 11.0. The maximum Gasteiger partial charge on any atom is 0.190 e. The van der Waals surface area contributed by atoms with Crippen molar-refractivity contribution in [3.05, 3.63) is 53.0 Å². The van der Waals surface area contributed by atoms with Crippen LogP contribution < -0.4 is 11.1 Å². The molecule has 5 rings (SSSR count). The molecule has 31 heavy (non-hydrogen) atoms. The molecule has 3 aromatic rings. The van der Waals surface area contributed by atoms with Gasteiger partial charge < -0.3 is 11.1 Å². The van der Waals surface area contributed by atoms with Crippen molar-refractivity contribution in [3.63, 3.8) is 0 Å². The summed E-state index contributed by atoms with van der Waals surface area (Å²) in [6, 6.07) is 11.6. The third-order valence-corrected chi connectivity index (χ3v) is 9.32. The summed E-state index contributed by atoms with van der Waals surface area (Å²) >= 11 is 1.64. The number of aromatic nitrogens is 2. The summed E-state index contributed by atoms with van der Waals surface area (Å²) < 4.78 is 34.3. The minimum atomic E-state index is -3.41. The van der Waals surface area contributed by atoms with Crippen LogP contribution in [-0.4, -0.2) is 29.9 Å². The van der Waals surface area contributed by atoms with E-state index in [1.54, 1.807) is 30.4 Å². The summed E-state index contributed by atoms with van der Waals surface area (Å²) in [5, 5.41) is 7.98. The Balaban J connectivity index is 1.52. The van der Waals surface area contributed by atoms with E-state index in [9.17, 15) is 8.42 Å². The quantitative estimate of drug-likeness (QED) is 0.483. The molecule has 0 amide bonds. The van der Waals surface area contributed by atoms with E-state index in [0.717, 1.165) is 34.8 Å². The number of aromatic amines is 1. The predicted molar refractivity (Wildman–Crippen MR) is 126 cm³/mol. The molecular formula is C23H26N4O2S2. The smallest absolute Gasteiger partial charge is 0.190 e. The van der Waals surface area contributed by atoms with Crippen molar-refractivity contribution in [1.82, 2.24) is 10.2 Å². The molecule has 2 heterocycles. The maximum absolute atomic E-state index is 13.3. The Morgan fingerprint density at radius 1 is 1.19 bits per heavy atom. The van der Waals surface area contributed by atoms with Crippen LogP contribution in [0.4, 0.5) is 11.5 Å². The molecule has 1 aromatic carbocycles. The van der Waals surface area contributed by atoms with Crippen molar-refractivity contribution >= 4 is 38.3 Å². The molecule has 6 nitrogen and oxygen atoms in total. The number of thiophene rings is 1. The first-order chi connectivity index (χ1) is 15.3. The van der Waals surface area contributed by atoms with E-state index < -0.39 is 9.84 Å². The zero-order chi connectivity index (χ0) is 22.5. The zero-order valence-electron chi connectivity index (χ0n) is 18.3. The van der Waals surface area contributed by atoms with Crippen LogP contribution in [-0.2, 0) is 9.84 Å². The molecule has 1 saturated carbocycles. The minimum Gasteiger partial charge on any atom is -0.339 e. The number of nitrogens with one attached hydrogen (secondary N) is 2. The molecule has 8 heteroatoms. The molecule has 0 bridgehead atoms. The van der Waals surface area contributed by atoms with Gasteiger partial charge in [-0.3, -0.25) is 5.09 Å². The van der Waals surface area contributed by atoms with E-state index in [2.05, 4.69) is 22.6 Å². The highest BCUT2D eigenvalue weighted by molar-refractivity contribution is 7.92. The highest BCUT2D eigenvalue weighted by Gasteiger charge is 2.38. The molecule has 0 saturated heterocycles. The highest BCUT2D eigenvalue weighted by atomic mass is 32.2. The van der Waals surface area contributed by atoms with Crippen molar-refractivity contribution in [3.8, 4) is 10.4 Å². The van der Waals surface area contributed by atoms with Gasteiger partial charge in [0.2, 0.25) is 0 Å². The van der Waals surface area contributed by atoms with Crippen LogP contribution in [0.3, 0.4) is 0 Å². The lowest BCUT2D eigenvalue weighted by atomic mass is 9.95. The molecule has 2 aliphatic rings. The van der Waals surface area contributed by atoms with Crippen LogP contribution in [0.15, 0.2) is 47.4 Å². The summed E-state index contributed by atoms with van der Waals surface area (Å²) in [5.74, 6) is 0.515. The van der Waals surface area contributed by atoms with E-state index in [1.165, 1.54) is 10.5 Å². The third kappa shape index (κ3) is 4.20. The van der Waals surface area contributed by atoms with Gasteiger partial charge >= 0.3 is 0 Å². The zero-order valence-corrected chi connectivity index (χ0v) is 19.0. The van der Waals surface area contributed by atoms with Gasteiger partial charge in [0.05, 0.1) is 10.1 Å². The molecule has 0 spiro atoms. The molecule has 1 atom stereocenters. The molecule has 0 radical (unpaired) electrons. The number of nitrogens with two attached hydrogens (primary N) is 1. The second kappa shape index (κ2) is 7.93. The Morgan fingerprint density at radius 2 is 2.00 bits per heavy atom. The molecule has 4 N–H and O–H groups in total. The van der Waals surface area contributed by atoms with Gasteiger partial charge in [-0.25, -0.2) is 8.42 Å². The first kappa shape index (κ1) is 19.3. The number of anilines is 2. The van der Waals surface area contributed by atoms with Gasteiger partial charge in [0.15, 0.2) is 17.1 Å². The van der Waals surface area contributed by atoms with Crippen molar-refractivity contribution in [2.75, 3.05) is 5.32 Å². The number of sulfone groups is 1. The fourth-order valence-corrected chi connectivity index (χ4v) is 7.00. The summed E-state index contributed by atoms with van der Waals surface area (Å²) in [6.07, 6.45) is 6.47. The Labute approximate surface area is 188 Å². The molecule has 0 aliphatic heterocycles. The fraction of sp³-hybridized carbons (Fsp3) is 0.348. The maximum atomic E-state index is 13.3. The predicted octanol–water partition coefficient (Wildman–Crippen LogP) is 5.02. The van der Waals surface area contributed by atoms with Gasteiger partial charge in [-0.05, 0) is 68.9 Å². The lowest BCUT2D eigenvalue weighted by molar-refractivity contribution is 0.595. The van der Waals surface area contributed by atoms with E-state index in [4.69, 9.17) is 7.15 Å². The molecule has 1 fully saturated rings. The highest BCUT2D eigenvalue weighted by Crippen LogP contribution is 2.42. The van der Waals surface area contributed by atoms with Crippen LogP contribution in [0, 0.1) is 6.92 Å². The standard InChI is InChI=1S/C23H26N4O2S2/c1-14-12-23(27-26-14)25-17-6-9-19(22(13-17)31(28,29)18-7-8-18)21-11-10-20(30-21)15-2-4-16(24)5-3-15/h2,6,9-13,16,18H,3-5,7-8,24H2,1H3,(H2,25,26,27)/i/hT. The van der Waals surface area contributed by atoms with Gasteiger partial charge in [-0.2, -0.15) is 5.10 Å². The number of hydrogen-bond donors (Lipinski definition) is 3. The molecule has 1 unspecified atom stereocenters. The summed E-state index contributed by atoms with van der Waals surface area (Å²) in [6.45, 7) is 1.79. The Morgan fingerprint density at radius 3 is 2.68 bits per heavy atom. The van der Waals surface area contributed by atoms with E-state index in [-0.39, 0.29) is 11.3 Å². The summed E-state index contributed by atoms with van der Waals surface area (Å²) in [5.41, 5.74) is 9.41. The number of rotatable bonds is 6. The van der Waals surface area contributed by atoms with E-state index in [1.807, 2.05) is 18.2 Å². The van der Waals surface area contributed by atoms with Crippen LogP contribution in [0.2, 0.25) is 1.41 Å². The van der Waals surface area contributed by atoms with Crippen LogP contribution in [0.1, 0.15) is 42.7 Å². The molecular weight excluding hydrogens is 428 g/mol. The Bertz CT molecular complexity index is 1290. The van der Waals surface area contributed by atoms with Crippen LogP contribution in [0.5, 0.6) is 0 Å². The average Bonchev–Trinajstić information content (AvgIpc) is 3.44. The third-order valence-electron chi connectivity index (χ3n) is 5.82. The van der Waals surface area contributed by atoms with Crippen molar-refractivity contribution in [2.24, 2.45) is 5.73 Å². The Hall–Kier alpha value is -2.42. The SMILES string of the molecule is [3H]n1nc(Nc2ccc(-c3ccc(C4=CCC(N)CC4)s3)c(S(=O)(=O)C3CC3)c2)cc1C. The Kier molecular flexibility index (Phi) is 4.93. The van der Waals surface area contributed by atoms with E-state index >= 15 is 0 Å². The lowest BCUT2D eigenvalue weighted by Gasteiger charge is -2.17. The van der Waals surface area contributed by atoms with Crippen LogP contribution in [0.25, 0.3) is 16.0 Å². The molecule has 162 valence electrons. The number of aryl methyl sites for hydroxylation is 1. The minimum absolute atomic E-state index is 0.235. The van der Waals surface area contributed by atoms with Crippen molar-refractivity contribution in [1.29, 1.82) is 0 Å². The molecule has 2 aromatic heterocycles.